The lowest BCUT2D eigenvalue weighted by Crippen LogP contribution is -2.02. The lowest BCUT2D eigenvalue weighted by atomic mass is 10.0. The molecule has 0 saturated heterocycles. The van der Waals surface area contributed by atoms with E-state index in [9.17, 15) is 9.59 Å². The lowest BCUT2D eigenvalue weighted by Gasteiger charge is -2.07. The molecule has 0 aliphatic carbocycles. The Kier molecular flexibility index (Phi) is 4.77. The minimum Gasteiger partial charge on any atom is -0.465 e. The van der Waals surface area contributed by atoms with E-state index in [2.05, 4.69) is 17.1 Å². The number of nitrogens with one attached hydrogen (secondary N) is 1. The van der Waals surface area contributed by atoms with Gasteiger partial charge in [0.1, 0.15) is 0 Å². The van der Waals surface area contributed by atoms with Crippen LogP contribution < -0.4 is 5.43 Å². The molecule has 4 nitrogen and oxygen atoms in total. The number of para-hydroxylation sites is 1. The molecule has 4 rings (SSSR count). The van der Waals surface area contributed by atoms with Crippen LogP contribution in [0.1, 0.15) is 21.5 Å². The Morgan fingerprint density at radius 3 is 2.21 bits per heavy atom. The third kappa shape index (κ3) is 3.58. The molecule has 0 radical (unpaired) electrons. The molecule has 1 aromatic heterocycles. The number of methoxy groups -OCH3 is 1. The highest BCUT2D eigenvalue weighted by atomic mass is 16.5. The van der Waals surface area contributed by atoms with Gasteiger partial charge in [0, 0.05) is 22.7 Å². The average molecular weight is 369 g/mol. The molecule has 1 N–H and O–H groups in total. The van der Waals surface area contributed by atoms with E-state index >= 15 is 0 Å². The first-order valence-corrected chi connectivity index (χ1v) is 9.03. The normalized spacial score (nSPS) is 10.8. The Bertz CT molecular complexity index is 1190. The largest absolute Gasteiger partial charge is 0.465 e. The second-order valence-electron chi connectivity index (χ2n) is 6.66. The van der Waals surface area contributed by atoms with Crippen LogP contribution in [-0.2, 0) is 11.2 Å². The van der Waals surface area contributed by atoms with Gasteiger partial charge in [-0.25, -0.2) is 4.79 Å². The molecule has 4 aromatic rings. The molecule has 0 atom stereocenters. The zero-order valence-electron chi connectivity index (χ0n) is 15.4. The number of benzene rings is 3. The minimum atomic E-state index is -0.333. The molecule has 0 aliphatic heterocycles. The highest BCUT2D eigenvalue weighted by Crippen LogP contribution is 2.20. The van der Waals surface area contributed by atoms with Crippen LogP contribution in [0.5, 0.6) is 0 Å². The first kappa shape index (κ1) is 17.7. The molecular formula is C24H19NO3. The zero-order chi connectivity index (χ0) is 19.5. The predicted molar refractivity (Wildman–Crippen MR) is 111 cm³/mol. The molecule has 0 aliphatic rings. The SMILES string of the molecule is COC(=O)c1ccc(Cc2ccc(-c3cc(=O)c4ccccc4[nH]3)cc2)cc1. The highest BCUT2D eigenvalue weighted by molar-refractivity contribution is 5.89. The first-order chi connectivity index (χ1) is 13.6. The fourth-order valence-electron chi connectivity index (χ4n) is 3.27. The summed E-state index contributed by atoms with van der Waals surface area (Å²) in [7, 11) is 1.38. The Balaban J connectivity index is 1.56. The van der Waals surface area contributed by atoms with E-state index in [0.717, 1.165) is 34.3 Å². The second kappa shape index (κ2) is 7.53. The van der Waals surface area contributed by atoms with Crippen molar-refractivity contribution in [3.63, 3.8) is 0 Å². The van der Waals surface area contributed by atoms with Crippen LogP contribution in [-0.4, -0.2) is 18.1 Å². The number of aromatic nitrogens is 1. The summed E-state index contributed by atoms with van der Waals surface area (Å²) in [6, 6.07) is 24.7. The average Bonchev–Trinajstić information content (AvgIpc) is 2.74. The molecule has 1 heterocycles. The van der Waals surface area contributed by atoms with Gasteiger partial charge >= 0.3 is 5.97 Å². The van der Waals surface area contributed by atoms with Crippen LogP contribution in [0.25, 0.3) is 22.2 Å². The number of hydrogen-bond donors (Lipinski definition) is 1. The fraction of sp³-hybridized carbons (Fsp3) is 0.0833. The summed E-state index contributed by atoms with van der Waals surface area (Å²) in [6.07, 6.45) is 0.760. The van der Waals surface area contributed by atoms with Gasteiger partial charge < -0.3 is 9.72 Å². The van der Waals surface area contributed by atoms with Crippen LogP contribution in [0.4, 0.5) is 0 Å². The Morgan fingerprint density at radius 1 is 0.893 bits per heavy atom. The monoisotopic (exact) mass is 369 g/mol. The molecular weight excluding hydrogens is 350 g/mol. The number of ether oxygens (including phenoxy) is 1. The standard InChI is InChI=1S/C24H19NO3/c1-28-24(27)19-12-8-17(9-13-19)14-16-6-10-18(11-7-16)22-15-23(26)20-4-2-3-5-21(20)25-22/h2-13,15H,14H2,1H3,(H,25,26). The van der Waals surface area contributed by atoms with Crippen LogP contribution >= 0.6 is 0 Å². The van der Waals surface area contributed by atoms with Crippen molar-refractivity contribution in [3.05, 3.63) is 106 Å². The Hall–Kier alpha value is -3.66. The smallest absolute Gasteiger partial charge is 0.337 e. The number of hydrogen-bond acceptors (Lipinski definition) is 3. The number of carbonyl (C=O) groups excluding carboxylic acids is 1. The maximum Gasteiger partial charge on any atom is 0.337 e. The number of esters is 1. The summed E-state index contributed by atoms with van der Waals surface area (Å²) >= 11 is 0. The Labute approximate surface area is 162 Å². The van der Waals surface area contributed by atoms with Gasteiger partial charge in [-0.2, -0.15) is 0 Å². The van der Waals surface area contributed by atoms with Crippen molar-refractivity contribution >= 4 is 16.9 Å². The predicted octanol–water partition coefficient (Wildman–Crippen LogP) is 4.57. The van der Waals surface area contributed by atoms with Gasteiger partial charge in [-0.3, -0.25) is 4.79 Å². The molecule has 0 spiro atoms. The number of rotatable bonds is 4. The number of carbonyl (C=O) groups is 1. The molecule has 138 valence electrons. The molecule has 4 heteroatoms. The lowest BCUT2D eigenvalue weighted by molar-refractivity contribution is 0.0600. The molecule has 0 fully saturated rings. The van der Waals surface area contributed by atoms with Gasteiger partial charge in [-0.15, -0.1) is 0 Å². The fourth-order valence-corrected chi connectivity index (χ4v) is 3.27. The molecule has 0 unspecified atom stereocenters. The van der Waals surface area contributed by atoms with Gasteiger partial charge in [0.05, 0.1) is 12.7 Å². The van der Waals surface area contributed by atoms with E-state index in [1.165, 1.54) is 7.11 Å². The second-order valence-corrected chi connectivity index (χ2v) is 6.66. The summed E-state index contributed by atoms with van der Waals surface area (Å²) in [4.78, 5) is 27.2. The van der Waals surface area contributed by atoms with Crippen molar-refractivity contribution in [1.82, 2.24) is 4.98 Å². The van der Waals surface area contributed by atoms with Crippen molar-refractivity contribution < 1.29 is 9.53 Å². The summed E-state index contributed by atoms with van der Waals surface area (Å²) in [5.41, 5.74) is 5.42. The van der Waals surface area contributed by atoms with Crippen LogP contribution in [0.15, 0.2) is 83.7 Å². The Morgan fingerprint density at radius 2 is 1.54 bits per heavy atom. The highest BCUT2D eigenvalue weighted by Gasteiger charge is 2.06. The topological polar surface area (TPSA) is 59.2 Å². The van der Waals surface area contributed by atoms with Crippen molar-refractivity contribution in [3.8, 4) is 11.3 Å². The van der Waals surface area contributed by atoms with E-state index < -0.39 is 0 Å². The molecule has 28 heavy (non-hydrogen) atoms. The third-order valence-electron chi connectivity index (χ3n) is 4.79. The van der Waals surface area contributed by atoms with Crippen LogP contribution in [0.2, 0.25) is 0 Å². The first-order valence-electron chi connectivity index (χ1n) is 9.03. The van der Waals surface area contributed by atoms with Crippen LogP contribution in [0, 0.1) is 0 Å². The van der Waals surface area contributed by atoms with Gasteiger partial charge in [0.15, 0.2) is 5.43 Å². The van der Waals surface area contributed by atoms with Crippen molar-refractivity contribution in [2.75, 3.05) is 7.11 Å². The maximum atomic E-state index is 12.3. The summed E-state index contributed by atoms with van der Waals surface area (Å²) < 4.78 is 4.72. The van der Waals surface area contributed by atoms with E-state index in [0.29, 0.717) is 10.9 Å². The summed E-state index contributed by atoms with van der Waals surface area (Å²) in [6.45, 7) is 0. The van der Waals surface area contributed by atoms with Gasteiger partial charge in [0.2, 0.25) is 0 Å². The van der Waals surface area contributed by atoms with E-state index in [-0.39, 0.29) is 11.4 Å². The molecule has 0 amide bonds. The van der Waals surface area contributed by atoms with Crippen LogP contribution in [0.3, 0.4) is 0 Å². The van der Waals surface area contributed by atoms with E-state index in [4.69, 9.17) is 4.74 Å². The molecule has 0 saturated carbocycles. The zero-order valence-corrected chi connectivity index (χ0v) is 15.4. The quantitative estimate of drug-likeness (QED) is 0.536. The van der Waals surface area contributed by atoms with E-state index in [1.54, 1.807) is 18.2 Å². The third-order valence-corrected chi connectivity index (χ3v) is 4.79. The van der Waals surface area contributed by atoms with Gasteiger partial charge in [0.25, 0.3) is 0 Å². The number of fused-ring (bicyclic) bond motifs is 1. The number of aromatic amines is 1. The maximum absolute atomic E-state index is 12.3. The van der Waals surface area contributed by atoms with Crippen molar-refractivity contribution in [1.29, 1.82) is 0 Å². The van der Waals surface area contributed by atoms with Crippen molar-refractivity contribution in [2.45, 2.75) is 6.42 Å². The minimum absolute atomic E-state index is 0.0131. The van der Waals surface area contributed by atoms with Gasteiger partial charge in [-0.1, -0.05) is 48.5 Å². The summed E-state index contributed by atoms with van der Waals surface area (Å²) in [5.74, 6) is -0.333. The number of pyridine rings is 1. The summed E-state index contributed by atoms with van der Waals surface area (Å²) in [5, 5.41) is 0.693. The van der Waals surface area contributed by atoms with Crippen molar-refractivity contribution in [2.24, 2.45) is 0 Å². The molecule has 0 bridgehead atoms. The molecule has 3 aromatic carbocycles. The van der Waals surface area contributed by atoms with Gasteiger partial charge in [-0.05, 0) is 47.4 Å². The van der Waals surface area contributed by atoms with E-state index in [1.807, 2.05) is 48.5 Å². The number of H-pyrrole nitrogens is 1.